The van der Waals surface area contributed by atoms with Gasteiger partial charge in [0.15, 0.2) is 0 Å². The van der Waals surface area contributed by atoms with Gasteiger partial charge in [0.2, 0.25) is 10.0 Å². The van der Waals surface area contributed by atoms with Gasteiger partial charge in [-0.05, 0) is 37.9 Å². The Balaban J connectivity index is 2.06. The molecule has 0 radical (unpaired) electrons. The second kappa shape index (κ2) is 6.59. The fourth-order valence-corrected chi connectivity index (χ4v) is 3.63. The highest BCUT2D eigenvalue weighted by Gasteiger charge is 2.22. The average Bonchev–Trinajstić information content (AvgIpc) is 2.88. The Hall–Kier alpha value is -1.38. The molecular formula is C13H22N4O3S. The van der Waals surface area contributed by atoms with Gasteiger partial charge >= 0.3 is 0 Å². The molecular weight excluding hydrogens is 292 g/mol. The third-order valence-corrected chi connectivity index (χ3v) is 5.10. The van der Waals surface area contributed by atoms with E-state index in [1.807, 2.05) is 0 Å². The molecule has 1 fully saturated rings. The average molecular weight is 314 g/mol. The zero-order valence-electron chi connectivity index (χ0n) is 12.3. The van der Waals surface area contributed by atoms with Gasteiger partial charge in [-0.25, -0.2) is 13.1 Å². The van der Waals surface area contributed by atoms with Crippen LogP contribution in [0.3, 0.4) is 0 Å². The van der Waals surface area contributed by atoms with Crippen LogP contribution in [-0.2, 0) is 17.1 Å². The molecule has 0 aliphatic carbocycles. The van der Waals surface area contributed by atoms with Gasteiger partial charge < -0.3 is 15.2 Å². The summed E-state index contributed by atoms with van der Waals surface area (Å²) in [4.78, 5) is 11.7. The molecule has 2 rings (SSSR count). The number of hydrogen-bond acceptors (Lipinski definition) is 4. The minimum atomic E-state index is -3.58. The Morgan fingerprint density at radius 2 is 2.29 bits per heavy atom. The van der Waals surface area contributed by atoms with Crippen LogP contribution in [0.5, 0.6) is 0 Å². The lowest BCUT2D eigenvalue weighted by molar-refractivity contribution is 0.0955. The Morgan fingerprint density at radius 3 is 2.90 bits per heavy atom. The summed E-state index contributed by atoms with van der Waals surface area (Å²) in [7, 11) is -0.422. The number of nitrogens with one attached hydrogen (secondary N) is 3. The van der Waals surface area contributed by atoms with E-state index in [2.05, 4.69) is 15.4 Å². The minimum absolute atomic E-state index is 0.118. The zero-order valence-corrected chi connectivity index (χ0v) is 13.2. The quantitative estimate of drug-likeness (QED) is 0.693. The number of nitrogens with zero attached hydrogens (tertiary/aromatic N) is 1. The highest BCUT2D eigenvalue weighted by Crippen LogP contribution is 2.15. The van der Waals surface area contributed by atoms with E-state index in [1.54, 1.807) is 7.05 Å². The van der Waals surface area contributed by atoms with Crippen molar-refractivity contribution in [3.8, 4) is 0 Å². The van der Waals surface area contributed by atoms with Gasteiger partial charge in [-0.3, -0.25) is 4.79 Å². The van der Waals surface area contributed by atoms with Gasteiger partial charge in [0.25, 0.3) is 5.91 Å². The summed E-state index contributed by atoms with van der Waals surface area (Å²) in [6.07, 6.45) is 3.54. The summed E-state index contributed by atoms with van der Waals surface area (Å²) in [5, 5.41) is 5.74. The second-order valence-corrected chi connectivity index (χ2v) is 7.08. The second-order valence-electron chi connectivity index (χ2n) is 5.32. The highest BCUT2D eigenvalue weighted by atomic mass is 32.2. The van der Waals surface area contributed by atoms with E-state index < -0.39 is 10.0 Å². The van der Waals surface area contributed by atoms with Gasteiger partial charge in [-0.15, -0.1) is 0 Å². The van der Waals surface area contributed by atoms with E-state index in [0.29, 0.717) is 18.2 Å². The van der Waals surface area contributed by atoms with Crippen molar-refractivity contribution in [2.75, 3.05) is 26.7 Å². The normalized spacial score (nSPS) is 19.4. The van der Waals surface area contributed by atoms with Gasteiger partial charge in [-0.2, -0.15) is 0 Å². The van der Waals surface area contributed by atoms with Crippen LogP contribution in [0.25, 0.3) is 0 Å². The van der Waals surface area contributed by atoms with Crippen LogP contribution in [0.2, 0.25) is 0 Å². The lowest BCUT2D eigenvalue weighted by atomic mass is 10.0. The lowest BCUT2D eigenvalue weighted by Gasteiger charge is -2.22. The number of rotatable bonds is 5. The molecule has 0 aromatic carbocycles. The van der Waals surface area contributed by atoms with Crippen molar-refractivity contribution < 1.29 is 13.2 Å². The number of aryl methyl sites for hydroxylation is 1. The van der Waals surface area contributed by atoms with Crippen LogP contribution < -0.4 is 15.4 Å². The molecule has 1 aliphatic rings. The Morgan fingerprint density at radius 1 is 1.52 bits per heavy atom. The fourth-order valence-electron chi connectivity index (χ4n) is 2.44. The van der Waals surface area contributed by atoms with E-state index in [9.17, 15) is 13.2 Å². The predicted octanol–water partition coefficient (Wildman–Crippen LogP) is -0.337. The molecule has 1 saturated heterocycles. The molecule has 0 bridgehead atoms. The summed E-state index contributed by atoms with van der Waals surface area (Å²) in [5.74, 6) is 0.00563. The molecule has 1 aromatic rings. The highest BCUT2D eigenvalue weighted by molar-refractivity contribution is 7.89. The molecule has 3 N–H and O–H groups in total. The minimum Gasteiger partial charge on any atom is -0.354 e. The molecule has 1 unspecified atom stereocenters. The maximum absolute atomic E-state index is 12.3. The third kappa shape index (κ3) is 3.84. The number of piperidine rings is 1. The Bertz CT molecular complexity index is 603. The van der Waals surface area contributed by atoms with E-state index in [0.717, 1.165) is 25.9 Å². The maximum atomic E-state index is 12.3. The van der Waals surface area contributed by atoms with E-state index in [1.165, 1.54) is 23.9 Å². The van der Waals surface area contributed by atoms with E-state index >= 15 is 0 Å². The van der Waals surface area contributed by atoms with Crippen LogP contribution in [0.1, 0.15) is 23.3 Å². The molecule has 0 spiro atoms. The molecule has 1 amide bonds. The molecule has 1 atom stereocenters. The smallest absolute Gasteiger partial charge is 0.267 e. The van der Waals surface area contributed by atoms with Crippen molar-refractivity contribution in [1.29, 1.82) is 0 Å². The van der Waals surface area contributed by atoms with Gasteiger partial charge in [0.05, 0.1) is 0 Å². The number of carbonyl (C=O) groups excluding carboxylic acids is 1. The maximum Gasteiger partial charge on any atom is 0.267 e. The van der Waals surface area contributed by atoms with Crippen molar-refractivity contribution in [2.45, 2.75) is 17.7 Å². The van der Waals surface area contributed by atoms with Crippen molar-refractivity contribution >= 4 is 15.9 Å². The first-order valence-electron chi connectivity index (χ1n) is 7.03. The van der Waals surface area contributed by atoms with Crippen molar-refractivity contribution in [3.05, 3.63) is 18.0 Å². The van der Waals surface area contributed by atoms with Crippen LogP contribution in [0.15, 0.2) is 17.2 Å². The van der Waals surface area contributed by atoms with Crippen LogP contribution in [0.4, 0.5) is 0 Å². The molecule has 118 valence electrons. The van der Waals surface area contributed by atoms with Gasteiger partial charge in [-0.1, -0.05) is 0 Å². The summed E-state index contributed by atoms with van der Waals surface area (Å²) in [6, 6.07) is 1.39. The Labute approximate surface area is 125 Å². The largest absolute Gasteiger partial charge is 0.354 e. The predicted molar refractivity (Wildman–Crippen MR) is 79.6 cm³/mol. The molecule has 7 nitrogen and oxygen atoms in total. The zero-order chi connectivity index (χ0) is 15.5. The van der Waals surface area contributed by atoms with Crippen LogP contribution >= 0.6 is 0 Å². The van der Waals surface area contributed by atoms with Crippen molar-refractivity contribution in [1.82, 2.24) is 19.9 Å². The van der Waals surface area contributed by atoms with Gasteiger partial charge in [0, 0.05) is 26.8 Å². The van der Waals surface area contributed by atoms with Crippen molar-refractivity contribution in [2.24, 2.45) is 13.0 Å². The molecule has 1 aliphatic heterocycles. The number of aromatic nitrogens is 1. The SMILES string of the molecule is CNC(=O)c1cc(S(=O)(=O)NCC2CCCNC2)cn1C. The molecule has 1 aromatic heterocycles. The number of hydrogen-bond donors (Lipinski definition) is 3. The molecule has 0 saturated carbocycles. The Kier molecular flexibility index (Phi) is 5.02. The van der Waals surface area contributed by atoms with Crippen LogP contribution in [-0.4, -0.2) is 45.6 Å². The molecule has 21 heavy (non-hydrogen) atoms. The first-order chi connectivity index (χ1) is 9.94. The molecule has 2 heterocycles. The summed E-state index contributed by atoms with van der Waals surface area (Å²) in [6.45, 7) is 2.25. The number of carbonyl (C=O) groups is 1. The van der Waals surface area contributed by atoms with Gasteiger partial charge in [0.1, 0.15) is 10.6 Å². The lowest BCUT2D eigenvalue weighted by Crippen LogP contribution is -2.38. The number of amides is 1. The third-order valence-electron chi connectivity index (χ3n) is 3.71. The molecule has 8 heteroatoms. The number of sulfonamides is 1. The summed E-state index contributed by atoms with van der Waals surface area (Å²) in [5.41, 5.74) is 0.317. The first kappa shape index (κ1) is 16.0. The van der Waals surface area contributed by atoms with E-state index in [4.69, 9.17) is 0 Å². The summed E-state index contributed by atoms with van der Waals surface area (Å²) < 4.78 is 28.7. The topological polar surface area (TPSA) is 92.2 Å². The first-order valence-corrected chi connectivity index (χ1v) is 8.51. The van der Waals surface area contributed by atoms with Crippen molar-refractivity contribution in [3.63, 3.8) is 0 Å². The fraction of sp³-hybridized carbons (Fsp3) is 0.615. The van der Waals surface area contributed by atoms with Crippen LogP contribution in [0, 0.1) is 5.92 Å². The summed E-state index contributed by atoms with van der Waals surface area (Å²) >= 11 is 0. The van der Waals surface area contributed by atoms with E-state index in [-0.39, 0.29) is 10.8 Å². The standard InChI is InChI=1S/C13H22N4O3S/c1-14-13(18)12-6-11(9-17(12)2)21(19,20)16-8-10-4-3-5-15-7-10/h6,9-10,15-16H,3-5,7-8H2,1-2H3,(H,14,18). The monoisotopic (exact) mass is 314 g/mol.